The molecule has 0 bridgehead atoms. The molecular formula is C21H21N3O2. The molecule has 0 fully saturated rings. The van der Waals surface area contributed by atoms with E-state index in [4.69, 9.17) is 4.74 Å². The van der Waals surface area contributed by atoms with Crippen LogP contribution in [0.25, 0.3) is 6.08 Å². The van der Waals surface area contributed by atoms with Gasteiger partial charge >= 0.3 is 0 Å². The molecule has 0 saturated heterocycles. The molecule has 26 heavy (non-hydrogen) atoms. The van der Waals surface area contributed by atoms with Crippen molar-refractivity contribution in [2.24, 2.45) is 0 Å². The fourth-order valence-electron chi connectivity index (χ4n) is 2.58. The average molecular weight is 347 g/mol. The van der Waals surface area contributed by atoms with Crippen molar-refractivity contribution in [2.45, 2.75) is 13.1 Å². The van der Waals surface area contributed by atoms with E-state index in [0.717, 1.165) is 16.9 Å². The predicted molar refractivity (Wildman–Crippen MR) is 102 cm³/mol. The zero-order chi connectivity index (χ0) is 18.2. The summed E-state index contributed by atoms with van der Waals surface area (Å²) in [5.41, 5.74) is 3.00. The Hall–Kier alpha value is -3.34. The summed E-state index contributed by atoms with van der Waals surface area (Å²) in [5.74, 6) is 0.602. The van der Waals surface area contributed by atoms with Crippen molar-refractivity contribution in [3.8, 4) is 5.75 Å². The van der Waals surface area contributed by atoms with Crippen LogP contribution in [0, 0.1) is 0 Å². The highest BCUT2D eigenvalue weighted by molar-refractivity contribution is 5.91. The number of rotatable bonds is 7. The highest BCUT2D eigenvalue weighted by Gasteiger charge is 2.03. The Morgan fingerprint density at radius 1 is 1.15 bits per heavy atom. The van der Waals surface area contributed by atoms with Gasteiger partial charge in [-0.25, -0.2) is 0 Å². The normalized spacial score (nSPS) is 10.8. The fraction of sp³-hybridized carbons (Fsp3) is 0.143. The molecule has 5 nitrogen and oxygen atoms in total. The predicted octanol–water partition coefficient (Wildman–Crippen LogP) is 3.27. The summed E-state index contributed by atoms with van der Waals surface area (Å²) in [4.78, 5) is 12.0. The van der Waals surface area contributed by atoms with Gasteiger partial charge in [-0.15, -0.1) is 0 Å². The van der Waals surface area contributed by atoms with Crippen LogP contribution in [0.5, 0.6) is 5.75 Å². The third-order valence-corrected chi connectivity index (χ3v) is 3.91. The van der Waals surface area contributed by atoms with Gasteiger partial charge in [0.25, 0.3) is 0 Å². The molecule has 2 aromatic carbocycles. The average Bonchev–Trinajstić information content (AvgIpc) is 3.13. The second-order valence-electron chi connectivity index (χ2n) is 5.82. The molecule has 1 aromatic heterocycles. The van der Waals surface area contributed by atoms with Gasteiger partial charge in [-0.2, -0.15) is 5.10 Å². The highest BCUT2D eigenvalue weighted by Crippen LogP contribution is 2.16. The molecule has 1 N–H and O–H groups in total. The van der Waals surface area contributed by atoms with E-state index in [0.29, 0.717) is 13.1 Å². The lowest BCUT2D eigenvalue weighted by Gasteiger charge is -2.08. The van der Waals surface area contributed by atoms with Crippen LogP contribution >= 0.6 is 0 Å². The zero-order valence-corrected chi connectivity index (χ0v) is 14.6. The standard InChI is InChI=1S/C21H21N3O2/c1-26-20-10-6-5-9-19(20)14-22-21(25)12-11-18-13-23-24(16-18)15-17-7-3-2-4-8-17/h2-13,16H,14-15H2,1H3,(H,22,25)/b12-11+. The van der Waals surface area contributed by atoms with Crippen LogP contribution in [0.4, 0.5) is 0 Å². The number of methoxy groups -OCH3 is 1. The number of hydrogen-bond donors (Lipinski definition) is 1. The minimum absolute atomic E-state index is 0.160. The van der Waals surface area contributed by atoms with E-state index in [1.54, 1.807) is 19.4 Å². The number of carbonyl (C=O) groups is 1. The summed E-state index contributed by atoms with van der Waals surface area (Å²) in [6.45, 7) is 1.12. The van der Waals surface area contributed by atoms with Gasteiger partial charge in [-0.1, -0.05) is 48.5 Å². The molecule has 0 aliphatic rings. The SMILES string of the molecule is COc1ccccc1CNC(=O)/C=C/c1cnn(Cc2ccccc2)c1. The highest BCUT2D eigenvalue weighted by atomic mass is 16.5. The maximum atomic E-state index is 12.0. The summed E-state index contributed by atoms with van der Waals surface area (Å²) >= 11 is 0. The van der Waals surface area contributed by atoms with Crippen molar-refractivity contribution in [2.75, 3.05) is 7.11 Å². The summed E-state index contributed by atoms with van der Waals surface area (Å²) in [5, 5.41) is 7.18. The lowest BCUT2D eigenvalue weighted by molar-refractivity contribution is -0.116. The molecule has 0 spiro atoms. The van der Waals surface area contributed by atoms with Gasteiger partial charge in [0, 0.05) is 29.9 Å². The van der Waals surface area contributed by atoms with Crippen LogP contribution in [-0.2, 0) is 17.9 Å². The van der Waals surface area contributed by atoms with Gasteiger partial charge in [0.15, 0.2) is 0 Å². The third kappa shape index (κ3) is 4.83. The van der Waals surface area contributed by atoms with Crippen molar-refractivity contribution >= 4 is 12.0 Å². The molecule has 3 aromatic rings. The molecule has 0 saturated carbocycles. The number of amides is 1. The first-order valence-corrected chi connectivity index (χ1v) is 8.39. The molecule has 0 aliphatic heterocycles. The maximum Gasteiger partial charge on any atom is 0.244 e. The van der Waals surface area contributed by atoms with Crippen LogP contribution in [0.3, 0.4) is 0 Å². The van der Waals surface area contributed by atoms with E-state index in [-0.39, 0.29) is 5.91 Å². The van der Waals surface area contributed by atoms with Gasteiger partial charge < -0.3 is 10.1 Å². The number of carbonyl (C=O) groups excluding carboxylic acids is 1. The lowest BCUT2D eigenvalue weighted by atomic mass is 10.2. The van der Waals surface area contributed by atoms with Gasteiger partial charge in [0.2, 0.25) is 5.91 Å². The van der Waals surface area contributed by atoms with E-state index in [9.17, 15) is 4.79 Å². The Morgan fingerprint density at radius 3 is 2.73 bits per heavy atom. The first-order valence-electron chi connectivity index (χ1n) is 8.39. The monoisotopic (exact) mass is 347 g/mol. The first kappa shape index (κ1) is 17.5. The second kappa shape index (κ2) is 8.67. The Balaban J connectivity index is 1.54. The second-order valence-corrected chi connectivity index (χ2v) is 5.82. The molecule has 5 heteroatoms. The van der Waals surface area contributed by atoms with Crippen LogP contribution in [0.2, 0.25) is 0 Å². The van der Waals surface area contributed by atoms with Crippen LogP contribution in [0.15, 0.2) is 73.1 Å². The van der Waals surface area contributed by atoms with Crippen LogP contribution in [0.1, 0.15) is 16.7 Å². The first-order chi connectivity index (χ1) is 12.7. The van der Waals surface area contributed by atoms with E-state index >= 15 is 0 Å². The molecule has 0 radical (unpaired) electrons. The number of nitrogens with one attached hydrogen (secondary N) is 1. The van der Waals surface area contributed by atoms with E-state index in [1.807, 2.05) is 53.3 Å². The molecule has 1 amide bonds. The summed E-state index contributed by atoms with van der Waals surface area (Å²) in [6.07, 6.45) is 6.93. The Kier molecular flexibility index (Phi) is 5.83. The molecule has 0 aliphatic carbocycles. The summed E-state index contributed by atoms with van der Waals surface area (Å²) < 4.78 is 7.13. The minimum atomic E-state index is -0.160. The van der Waals surface area contributed by atoms with E-state index in [2.05, 4.69) is 22.5 Å². The third-order valence-electron chi connectivity index (χ3n) is 3.91. The molecular weight excluding hydrogens is 326 g/mol. The smallest absolute Gasteiger partial charge is 0.244 e. The number of nitrogens with zero attached hydrogens (tertiary/aromatic N) is 2. The topological polar surface area (TPSA) is 56.1 Å². The van der Waals surface area contributed by atoms with Crippen molar-refractivity contribution in [3.05, 3.63) is 89.8 Å². The van der Waals surface area contributed by atoms with Crippen LogP contribution in [-0.4, -0.2) is 22.8 Å². The fourth-order valence-corrected chi connectivity index (χ4v) is 2.58. The van der Waals surface area contributed by atoms with Crippen molar-refractivity contribution in [1.29, 1.82) is 0 Å². The van der Waals surface area contributed by atoms with Gasteiger partial charge in [0.05, 0.1) is 19.9 Å². The van der Waals surface area contributed by atoms with Crippen LogP contribution < -0.4 is 10.1 Å². The molecule has 0 atom stereocenters. The number of hydrogen-bond acceptors (Lipinski definition) is 3. The Labute approximate surface area is 152 Å². The lowest BCUT2D eigenvalue weighted by Crippen LogP contribution is -2.20. The van der Waals surface area contributed by atoms with Crippen molar-refractivity contribution in [3.63, 3.8) is 0 Å². The largest absolute Gasteiger partial charge is 0.496 e. The minimum Gasteiger partial charge on any atom is -0.496 e. The van der Waals surface area contributed by atoms with Gasteiger partial charge in [0.1, 0.15) is 5.75 Å². The zero-order valence-electron chi connectivity index (χ0n) is 14.6. The molecule has 0 unspecified atom stereocenters. The summed E-state index contributed by atoms with van der Waals surface area (Å²) in [6, 6.07) is 17.7. The van der Waals surface area contributed by atoms with Gasteiger partial charge in [-0.05, 0) is 17.7 Å². The molecule has 3 rings (SSSR count). The van der Waals surface area contributed by atoms with Crippen molar-refractivity contribution < 1.29 is 9.53 Å². The molecule has 1 heterocycles. The number of aromatic nitrogens is 2. The van der Waals surface area contributed by atoms with Crippen molar-refractivity contribution in [1.82, 2.24) is 15.1 Å². The summed E-state index contributed by atoms with van der Waals surface area (Å²) in [7, 11) is 1.62. The van der Waals surface area contributed by atoms with Gasteiger partial charge in [-0.3, -0.25) is 9.48 Å². The number of para-hydroxylation sites is 1. The van der Waals surface area contributed by atoms with E-state index < -0.39 is 0 Å². The molecule has 132 valence electrons. The number of ether oxygens (including phenoxy) is 1. The maximum absolute atomic E-state index is 12.0. The number of benzene rings is 2. The Bertz CT molecular complexity index is 885. The van der Waals surface area contributed by atoms with E-state index in [1.165, 1.54) is 11.6 Å². The Morgan fingerprint density at radius 2 is 1.92 bits per heavy atom. The quantitative estimate of drug-likeness (QED) is 0.668.